The van der Waals surface area contributed by atoms with Gasteiger partial charge in [-0.2, -0.15) is 13.2 Å². The van der Waals surface area contributed by atoms with Gasteiger partial charge < -0.3 is 15.4 Å². The maximum Gasteiger partial charge on any atom is 0.434 e. The minimum Gasteiger partial charge on any atom is -0.466 e. The van der Waals surface area contributed by atoms with Crippen LogP contribution in [-0.4, -0.2) is 39.6 Å². The second kappa shape index (κ2) is 10.7. The van der Waals surface area contributed by atoms with Gasteiger partial charge in [0.15, 0.2) is 5.69 Å². The van der Waals surface area contributed by atoms with Gasteiger partial charge in [-0.3, -0.25) is 9.36 Å². The maximum absolute atomic E-state index is 13.7. The van der Waals surface area contributed by atoms with E-state index in [2.05, 4.69) is 20.6 Å². The Bertz CT molecular complexity index is 1190. The van der Waals surface area contributed by atoms with E-state index in [1.54, 1.807) is 13.0 Å². The quantitative estimate of drug-likeness (QED) is 0.256. The Labute approximate surface area is 210 Å². The number of aromatic nitrogens is 3. The van der Waals surface area contributed by atoms with Crippen LogP contribution in [0.25, 0.3) is 5.82 Å². The maximum atomic E-state index is 13.7. The van der Waals surface area contributed by atoms with Crippen LogP contribution < -0.4 is 10.6 Å². The van der Waals surface area contributed by atoms with Gasteiger partial charge in [0.05, 0.1) is 31.0 Å². The van der Waals surface area contributed by atoms with E-state index in [1.807, 2.05) is 24.3 Å². The molecule has 0 spiro atoms. The van der Waals surface area contributed by atoms with Crippen LogP contribution in [0.3, 0.4) is 0 Å². The van der Waals surface area contributed by atoms with Gasteiger partial charge in [-0.05, 0) is 42.7 Å². The van der Waals surface area contributed by atoms with E-state index < -0.39 is 23.8 Å². The number of benzene rings is 1. The Hall–Kier alpha value is -3.70. The molecule has 1 aliphatic carbocycles. The van der Waals surface area contributed by atoms with Crippen LogP contribution in [-0.2, 0) is 15.7 Å². The number of nitrogens with one attached hydrogen (secondary N) is 2. The Morgan fingerprint density at radius 1 is 1.14 bits per heavy atom. The van der Waals surface area contributed by atoms with E-state index in [-0.39, 0.29) is 37.0 Å². The zero-order valence-electron chi connectivity index (χ0n) is 19.9. The zero-order chi connectivity index (χ0) is 26.6. The zero-order valence-corrected chi connectivity index (χ0v) is 19.9. The third-order valence-electron chi connectivity index (χ3n) is 6.03. The molecule has 1 unspecified atom stereocenters. The van der Waals surface area contributed by atoms with Crippen LogP contribution in [0.15, 0.2) is 55.1 Å². The predicted molar refractivity (Wildman–Crippen MR) is 127 cm³/mol. The highest BCUT2D eigenvalue weighted by atomic mass is 19.4. The van der Waals surface area contributed by atoms with Crippen LogP contribution in [0.5, 0.6) is 0 Å². The lowest BCUT2D eigenvalue weighted by Crippen LogP contribution is -2.41. The Morgan fingerprint density at radius 2 is 1.84 bits per heavy atom. The van der Waals surface area contributed by atoms with Crippen molar-refractivity contribution in [2.45, 2.75) is 44.3 Å². The van der Waals surface area contributed by atoms with Gasteiger partial charge in [-0.25, -0.2) is 18.7 Å². The van der Waals surface area contributed by atoms with Crippen LogP contribution in [0.4, 0.5) is 33.3 Å². The standard InChI is InChI=1S/C25H26F5N5O2/c1-2-37-22(36)9-10-31-18-5-3-16(4-6-18)23(17-11-24(26,27)12-17)34-19-7-8-21(32-13-19)35-14-20(33-15-35)25(28,29)30/h3-8,13-15,17,23,31,34H,2,9-12H2,1H3. The second-order valence-corrected chi connectivity index (χ2v) is 8.82. The van der Waals surface area contributed by atoms with E-state index >= 15 is 0 Å². The molecule has 7 nitrogen and oxygen atoms in total. The smallest absolute Gasteiger partial charge is 0.434 e. The molecule has 0 saturated heterocycles. The molecule has 1 atom stereocenters. The third kappa shape index (κ3) is 6.75. The van der Waals surface area contributed by atoms with Gasteiger partial charge in [-0.15, -0.1) is 0 Å². The molecule has 3 aromatic rings. The summed E-state index contributed by atoms with van der Waals surface area (Å²) in [6.07, 6.45) is -1.54. The molecular formula is C25H26F5N5O2. The first-order valence-corrected chi connectivity index (χ1v) is 11.8. The summed E-state index contributed by atoms with van der Waals surface area (Å²) in [6.45, 7) is 2.46. The molecule has 37 heavy (non-hydrogen) atoms. The number of anilines is 2. The fourth-order valence-electron chi connectivity index (χ4n) is 4.17. The van der Waals surface area contributed by atoms with Crippen LogP contribution >= 0.6 is 0 Å². The molecule has 1 aromatic carbocycles. The van der Waals surface area contributed by atoms with Gasteiger partial charge >= 0.3 is 12.1 Å². The molecule has 0 radical (unpaired) electrons. The number of rotatable bonds is 10. The fourth-order valence-corrected chi connectivity index (χ4v) is 4.17. The molecule has 1 saturated carbocycles. The number of pyridine rings is 1. The number of imidazole rings is 1. The van der Waals surface area contributed by atoms with E-state index in [0.717, 1.165) is 28.3 Å². The molecule has 1 aliphatic rings. The average Bonchev–Trinajstić information content (AvgIpc) is 3.33. The summed E-state index contributed by atoms with van der Waals surface area (Å²) in [5.41, 5.74) is 1.08. The molecule has 2 heterocycles. The number of esters is 1. The van der Waals surface area contributed by atoms with Crippen LogP contribution in [0.1, 0.15) is 43.5 Å². The Balaban J connectivity index is 1.44. The van der Waals surface area contributed by atoms with Gasteiger partial charge in [0.2, 0.25) is 5.92 Å². The number of ether oxygens (including phenoxy) is 1. The summed E-state index contributed by atoms with van der Waals surface area (Å²) in [4.78, 5) is 19.0. The number of carbonyl (C=O) groups excluding carboxylic acids is 1. The third-order valence-corrected chi connectivity index (χ3v) is 6.03. The van der Waals surface area contributed by atoms with Crippen molar-refractivity contribution >= 4 is 17.3 Å². The van der Waals surface area contributed by atoms with Crippen molar-refractivity contribution in [2.75, 3.05) is 23.8 Å². The minimum atomic E-state index is -4.56. The van der Waals surface area contributed by atoms with Crippen molar-refractivity contribution in [1.82, 2.24) is 14.5 Å². The monoisotopic (exact) mass is 523 g/mol. The topological polar surface area (TPSA) is 81.1 Å². The van der Waals surface area contributed by atoms with E-state index in [9.17, 15) is 26.7 Å². The molecule has 12 heteroatoms. The van der Waals surface area contributed by atoms with Crippen molar-refractivity contribution in [3.8, 4) is 5.82 Å². The van der Waals surface area contributed by atoms with Gasteiger partial charge in [0.25, 0.3) is 0 Å². The lowest BCUT2D eigenvalue weighted by atomic mass is 9.74. The molecule has 2 aromatic heterocycles. The second-order valence-electron chi connectivity index (χ2n) is 8.82. The van der Waals surface area contributed by atoms with Crippen molar-refractivity contribution in [1.29, 1.82) is 0 Å². The lowest BCUT2D eigenvalue weighted by molar-refractivity contribution is -0.143. The van der Waals surface area contributed by atoms with Crippen molar-refractivity contribution in [3.63, 3.8) is 0 Å². The van der Waals surface area contributed by atoms with Crippen LogP contribution in [0.2, 0.25) is 0 Å². The molecule has 4 rings (SSSR count). The molecule has 2 N–H and O–H groups in total. The summed E-state index contributed by atoms with van der Waals surface area (Å²) in [6, 6.07) is 10.00. The summed E-state index contributed by atoms with van der Waals surface area (Å²) in [5, 5.41) is 6.38. The first-order chi connectivity index (χ1) is 17.5. The number of hydrogen-bond acceptors (Lipinski definition) is 6. The predicted octanol–water partition coefficient (Wildman–Crippen LogP) is 5.85. The highest BCUT2D eigenvalue weighted by Crippen LogP contribution is 2.49. The van der Waals surface area contributed by atoms with E-state index in [0.29, 0.717) is 18.8 Å². The highest BCUT2D eigenvalue weighted by Gasteiger charge is 2.48. The highest BCUT2D eigenvalue weighted by molar-refractivity contribution is 5.70. The van der Waals surface area contributed by atoms with Crippen molar-refractivity contribution in [2.24, 2.45) is 5.92 Å². The normalized spacial score (nSPS) is 16.1. The van der Waals surface area contributed by atoms with E-state index in [1.165, 1.54) is 12.3 Å². The molecule has 1 fully saturated rings. The first-order valence-electron chi connectivity index (χ1n) is 11.8. The molecule has 0 aliphatic heterocycles. The molecular weight excluding hydrogens is 497 g/mol. The number of alkyl halides is 5. The van der Waals surface area contributed by atoms with Gasteiger partial charge in [0, 0.05) is 31.3 Å². The lowest BCUT2D eigenvalue weighted by Gasteiger charge is -2.41. The molecule has 198 valence electrons. The Morgan fingerprint density at radius 3 is 2.41 bits per heavy atom. The van der Waals surface area contributed by atoms with Crippen molar-refractivity contribution < 1.29 is 31.5 Å². The van der Waals surface area contributed by atoms with Gasteiger partial charge in [-0.1, -0.05) is 12.1 Å². The summed E-state index contributed by atoms with van der Waals surface area (Å²) < 4.78 is 71.9. The minimum absolute atomic E-state index is 0.219. The number of hydrogen-bond donors (Lipinski definition) is 2. The summed E-state index contributed by atoms with van der Waals surface area (Å²) >= 11 is 0. The first kappa shape index (κ1) is 26.4. The number of nitrogens with zero attached hydrogens (tertiary/aromatic N) is 3. The summed E-state index contributed by atoms with van der Waals surface area (Å²) in [7, 11) is 0. The fraction of sp³-hybridized carbons (Fsp3) is 0.400. The molecule has 0 bridgehead atoms. The number of halogens is 5. The summed E-state index contributed by atoms with van der Waals surface area (Å²) in [5.74, 6) is -3.09. The largest absolute Gasteiger partial charge is 0.466 e. The number of carbonyl (C=O) groups is 1. The van der Waals surface area contributed by atoms with Crippen molar-refractivity contribution in [3.05, 3.63) is 66.4 Å². The average molecular weight is 524 g/mol. The van der Waals surface area contributed by atoms with Gasteiger partial charge in [0.1, 0.15) is 12.1 Å². The molecule has 0 amide bonds. The van der Waals surface area contributed by atoms with E-state index in [4.69, 9.17) is 4.74 Å². The SMILES string of the molecule is CCOC(=O)CCNc1ccc(C(Nc2ccc(-n3cnc(C(F)(F)F)c3)nc2)C2CC(F)(F)C2)cc1. The Kier molecular flexibility index (Phi) is 7.65. The van der Waals surface area contributed by atoms with Crippen LogP contribution in [0, 0.1) is 5.92 Å².